The van der Waals surface area contributed by atoms with Crippen molar-refractivity contribution in [3.63, 3.8) is 0 Å². The number of carboxylic acid groups (broad SMARTS) is 1. The van der Waals surface area contributed by atoms with Gasteiger partial charge in [-0.15, -0.1) is 11.5 Å². The van der Waals surface area contributed by atoms with Crippen molar-refractivity contribution < 1.29 is 38.4 Å². The van der Waals surface area contributed by atoms with Crippen LogP contribution in [-0.2, 0) is 14.8 Å². The molecule has 3 aromatic rings. The maximum absolute atomic E-state index is 12.0. The lowest BCUT2D eigenvalue weighted by atomic mass is 9.97. The van der Waals surface area contributed by atoms with Gasteiger partial charge in [0, 0.05) is 42.0 Å². The zero-order valence-corrected chi connectivity index (χ0v) is 33.0. The van der Waals surface area contributed by atoms with Gasteiger partial charge in [-0.05, 0) is 44.7 Å². The van der Waals surface area contributed by atoms with E-state index in [0.717, 1.165) is 17.5 Å². The first-order valence-corrected chi connectivity index (χ1v) is 19.1. The topological polar surface area (TPSA) is 256 Å². The Hall–Kier alpha value is -4.46. The monoisotopic (exact) mass is 802 g/mol. The SMILES string of the molecule is C#CCOc1cc(-n2nc(C(C)(C)C)oc2=O)c(Cl)cc1Cl.CCC(CC)Nc1c([N+](=O)[O-])cc(C)c(C)c1[N+](=O)[O-].CP(=O)(O)CCC(N)C(=O)O. The summed E-state index contributed by atoms with van der Waals surface area (Å²) in [5.74, 6) is 1.17. The summed E-state index contributed by atoms with van der Waals surface area (Å²) in [7, 11) is -3.10. The first kappa shape index (κ1) is 46.6. The molecule has 2 aromatic carbocycles. The van der Waals surface area contributed by atoms with Gasteiger partial charge in [-0.3, -0.25) is 29.6 Å². The molecule has 292 valence electrons. The van der Waals surface area contributed by atoms with Crippen LogP contribution in [0.15, 0.2) is 27.4 Å². The van der Waals surface area contributed by atoms with Crippen molar-refractivity contribution in [3.05, 3.63) is 76.0 Å². The number of aryl methyl sites for hydroxylation is 1. The fourth-order valence-electron chi connectivity index (χ4n) is 4.24. The molecule has 0 aliphatic heterocycles. The fourth-order valence-corrected chi connectivity index (χ4v) is 5.51. The van der Waals surface area contributed by atoms with Crippen LogP contribution in [0.2, 0.25) is 10.0 Å². The van der Waals surface area contributed by atoms with E-state index in [-0.39, 0.29) is 52.3 Å². The fraction of sp³-hybridized carbons (Fsp3) is 0.485. The second kappa shape index (κ2) is 20.1. The average Bonchev–Trinajstić information content (AvgIpc) is 3.45. The summed E-state index contributed by atoms with van der Waals surface area (Å²) < 4.78 is 22.2. The predicted octanol–water partition coefficient (Wildman–Crippen LogP) is 6.85. The van der Waals surface area contributed by atoms with Crippen molar-refractivity contribution in [2.45, 2.75) is 85.2 Å². The van der Waals surface area contributed by atoms with E-state index in [1.54, 1.807) is 13.8 Å². The number of carboxylic acids is 1. The van der Waals surface area contributed by atoms with Crippen LogP contribution >= 0.6 is 30.6 Å². The highest BCUT2D eigenvalue weighted by molar-refractivity contribution is 7.57. The second-order valence-electron chi connectivity index (χ2n) is 12.8. The largest absolute Gasteiger partial charge is 0.480 e. The Morgan fingerprint density at radius 3 is 2.19 bits per heavy atom. The normalized spacial score (nSPS) is 12.6. The molecule has 17 nitrogen and oxygen atoms in total. The average molecular weight is 804 g/mol. The highest BCUT2D eigenvalue weighted by Gasteiger charge is 2.30. The van der Waals surface area contributed by atoms with E-state index < -0.39 is 40.4 Å². The number of nitro groups is 2. The summed E-state index contributed by atoms with van der Waals surface area (Å²) in [6.07, 6.45) is 6.62. The Bertz CT molecular complexity index is 1930. The number of carbonyl (C=O) groups is 1. The van der Waals surface area contributed by atoms with Crippen molar-refractivity contribution in [1.29, 1.82) is 0 Å². The molecule has 20 heteroatoms. The standard InChI is InChI=1S/C15H14Cl2N2O3.C13H19N3O4.C5H12NO4P/c1-5-6-21-12-8-11(9(16)7-10(12)17)19-14(20)22-13(18-19)15(2,3)4;1-5-10(6-2)14-12-11(15(17)18)7-8(3)9(4)13(12)16(19)20;1-11(9,10)3-2-4(6)5(7)8/h1,7-8H,6H2,2-4H3;7,10,14H,5-6H2,1-4H3;4H,2-3,6H2,1H3,(H,7,8)(H,9,10). The number of halogens is 2. The Morgan fingerprint density at radius 2 is 1.75 bits per heavy atom. The van der Waals surface area contributed by atoms with Gasteiger partial charge < -0.3 is 30.2 Å². The van der Waals surface area contributed by atoms with E-state index in [2.05, 4.69) is 16.3 Å². The molecular formula is C33H45Cl2N6O11P. The number of hydrogen-bond acceptors (Lipinski definition) is 12. The van der Waals surface area contributed by atoms with E-state index in [9.17, 15) is 34.4 Å². The molecule has 2 atom stereocenters. The van der Waals surface area contributed by atoms with Crippen LogP contribution in [0.1, 0.15) is 70.9 Å². The minimum atomic E-state index is -3.10. The van der Waals surface area contributed by atoms with Gasteiger partial charge in [0.15, 0.2) is 13.1 Å². The zero-order valence-electron chi connectivity index (χ0n) is 30.6. The molecule has 0 bridgehead atoms. The van der Waals surface area contributed by atoms with E-state index >= 15 is 0 Å². The molecule has 5 N–H and O–H groups in total. The van der Waals surface area contributed by atoms with Crippen molar-refractivity contribution in [2.75, 3.05) is 24.8 Å². The van der Waals surface area contributed by atoms with Gasteiger partial charge >= 0.3 is 17.4 Å². The third-order valence-electron chi connectivity index (χ3n) is 7.41. The summed E-state index contributed by atoms with van der Waals surface area (Å²) in [5, 5.41) is 38.4. The number of rotatable bonds is 13. The van der Waals surface area contributed by atoms with Gasteiger partial charge in [0.25, 0.3) is 5.69 Å². The Kier molecular flexibility index (Phi) is 17.7. The van der Waals surface area contributed by atoms with E-state index in [1.165, 1.54) is 24.9 Å². The van der Waals surface area contributed by atoms with Crippen LogP contribution in [0.5, 0.6) is 5.75 Å². The minimum absolute atomic E-state index is 0.0109. The summed E-state index contributed by atoms with van der Waals surface area (Å²) in [4.78, 5) is 52.2. The molecule has 0 spiro atoms. The van der Waals surface area contributed by atoms with Crippen LogP contribution in [0.4, 0.5) is 17.1 Å². The third kappa shape index (κ3) is 14.1. The number of benzene rings is 2. The second-order valence-corrected chi connectivity index (χ2v) is 16.2. The zero-order chi connectivity index (χ0) is 41.0. The lowest BCUT2D eigenvalue weighted by Gasteiger charge is -2.17. The van der Waals surface area contributed by atoms with Crippen LogP contribution < -0.4 is 21.5 Å². The molecule has 1 heterocycles. The Labute approximate surface area is 316 Å². The van der Waals surface area contributed by atoms with Gasteiger partial charge in [0.1, 0.15) is 18.4 Å². The first-order valence-electron chi connectivity index (χ1n) is 16.0. The Balaban J connectivity index is 0.000000420. The van der Waals surface area contributed by atoms with Gasteiger partial charge in [0.05, 0.1) is 25.6 Å². The number of nitrogens with zero attached hydrogens (tertiary/aromatic N) is 4. The van der Waals surface area contributed by atoms with Crippen LogP contribution in [0, 0.1) is 46.4 Å². The molecule has 2 unspecified atom stereocenters. The molecule has 0 saturated carbocycles. The molecule has 0 amide bonds. The molecule has 0 saturated heterocycles. The van der Waals surface area contributed by atoms with Crippen molar-refractivity contribution in [1.82, 2.24) is 9.78 Å². The molecule has 1 aromatic heterocycles. The maximum atomic E-state index is 12.0. The van der Waals surface area contributed by atoms with Crippen molar-refractivity contribution >= 4 is 53.6 Å². The van der Waals surface area contributed by atoms with E-state index in [1.807, 2.05) is 34.6 Å². The molecule has 0 radical (unpaired) electrons. The quantitative estimate of drug-likeness (QED) is 0.0597. The van der Waals surface area contributed by atoms with E-state index in [0.29, 0.717) is 28.5 Å². The number of nitrogens with two attached hydrogens (primary N) is 1. The number of ether oxygens (including phenoxy) is 1. The summed E-state index contributed by atoms with van der Waals surface area (Å²) in [6, 6.07) is 3.28. The molecular weight excluding hydrogens is 758 g/mol. The van der Waals surface area contributed by atoms with Crippen LogP contribution in [0.25, 0.3) is 5.69 Å². The van der Waals surface area contributed by atoms with Gasteiger partial charge in [-0.25, -0.2) is 4.79 Å². The number of anilines is 1. The first-order chi connectivity index (χ1) is 24.4. The van der Waals surface area contributed by atoms with Crippen molar-refractivity contribution in [2.24, 2.45) is 5.73 Å². The summed E-state index contributed by atoms with van der Waals surface area (Å²) in [5.41, 5.74) is 5.54. The molecule has 3 rings (SSSR count). The highest BCUT2D eigenvalue weighted by Crippen LogP contribution is 2.40. The maximum Gasteiger partial charge on any atom is 0.442 e. The molecule has 0 aliphatic rings. The Morgan fingerprint density at radius 1 is 1.17 bits per heavy atom. The number of hydrogen-bond donors (Lipinski definition) is 4. The highest BCUT2D eigenvalue weighted by atomic mass is 35.5. The van der Waals surface area contributed by atoms with Crippen LogP contribution in [-0.4, -0.2) is 67.1 Å². The molecule has 0 fully saturated rings. The molecule has 0 aliphatic carbocycles. The van der Waals surface area contributed by atoms with Crippen LogP contribution in [0.3, 0.4) is 0 Å². The number of nitrogens with one attached hydrogen (secondary N) is 1. The van der Waals surface area contributed by atoms with Gasteiger partial charge in [-0.2, -0.15) is 4.68 Å². The predicted molar refractivity (Wildman–Crippen MR) is 203 cm³/mol. The van der Waals surface area contributed by atoms with Gasteiger partial charge in [-0.1, -0.05) is 63.7 Å². The number of terminal acetylenes is 1. The number of nitro benzene ring substituents is 2. The lowest BCUT2D eigenvalue weighted by molar-refractivity contribution is -0.392. The smallest absolute Gasteiger partial charge is 0.442 e. The molecule has 53 heavy (non-hydrogen) atoms. The number of aliphatic carboxylic acids is 1. The van der Waals surface area contributed by atoms with Gasteiger partial charge in [0.2, 0.25) is 5.89 Å². The van der Waals surface area contributed by atoms with E-state index in [4.69, 9.17) is 54.5 Å². The third-order valence-corrected chi connectivity index (χ3v) is 9.09. The lowest BCUT2D eigenvalue weighted by Crippen LogP contribution is -2.30. The van der Waals surface area contributed by atoms with Crippen molar-refractivity contribution in [3.8, 4) is 23.8 Å². The minimum Gasteiger partial charge on any atom is -0.480 e. The number of aromatic nitrogens is 2. The summed E-state index contributed by atoms with van der Waals surface area (Å²) >= 11 is 12.2. The summed E-state index contributed by atoms with van der Waals surface area (Å²) in [6.45, 7) is 14.0.